The highest BCUT2D eigenvalue weighted by Gasteiger charge is 2.26. The summed E-state index contributed by atoms with van der Waals surface area (Å²) in [5, 5.41) is 11.1. The number of halogens is 4. The molecule has 1 N–H and O–H groups in total. The van der Waals surface area contributed by atoms with Gasteiger partial charge in [-0.2, -0.15) is 0 Å². The number of fused-ring (bicyclic) bond motifs is 3. The molecule has 6 aromatic rings. The number of alkyl halides is 4. The van der Waals surface area contributed by atoms with E-state index in [4.69, 9.17) is 14.2 Å². The number of ketones is 5. The number of carbonyl (C=O) groups is 5. The van der Waals surface area contributed by atoms with Crippen LogP contribution in [0.25, 0.3) is 0 Å². The Morgan fingerprint density at radius 2 is 0.945 bits per heavy atom. The summed E-state index contributed by atoms with van der Waals surface area (Å²) < 4.78 is 17.7. The second-order valence-electron chi connectivity index (χ2n) is 18.5. The van der Waals surface area contributed by atoms with Crippen LogP contribution in [0.4, 0.5) is 0 Å². The second kappa shape index (κ2) is 26.4. The molecule has 0 spiro atoms. The van der Waals surface area contributed by atoms with Gasteiger partial charge in [-0.25, -0.2) is 0 Å². The number of rotatable bonds is 15. The summed E-state index contributed by atoms with van der Waals surface area (Å²) in [7, 11) is 0. The number of aryl methyl sites for hydroxylation is 6. The molecular formula is C60H58Br4O9. The van der Waals surface area contributed by atoms with Gasteiger partial charge < -0.3 is 19.3 Å². The Balaban J connectivity index is 0.000000160. The van der Waals surface area contributed by atoms with Crippen LogP contribution < -0.4 is 14.2 Å². The summed E-state index contributed by atoms with van der Waals surface area (Å²) >= 11 is 13.1. The SMILES string of the molecule is Cc1ccc(C(=O)CBr)cc1COc1ccc2c(c1)C(=O)C(Br)CC2.Cc1ccc(C(=O)CBr)cc1COc1ccc2c(c1)C(=O)CCC2.Cc1ccc(C(O)CBr)cc1COc1ccc2c(c1)C(=O)CCC2. The predicted octanol–water partition coefficient (Wildman–Crippen LogP) is 14.2. The fourth-order valence-corrected chi connectivity index (χ4v) is 10.3. The zero-order valence-electron chi connectivity index (χ0n) is 41.2. The number of aliphatic hydroxyl groups is 1. The molecule has 6 aromatic carbocycles. The first kappa shape index (κ1) is 55.7. The predicted molar refractivity (Wildman–Crippen MR) is 301 cm³/mol. The molecule has 9 rings (SSSR count). The van der Waals surface area contributed by atoms with Gasteiger partial charge in [0.05, 0.1) is 21.6 Å². The van der Waals surface area contributed by atoms with Crippen LogP contribution in [0.1, 0.15) is 146 Å². The lowest BCUT2D eigenvalue weighted by Crippen LogP contribution is -2.22. The van der Waals surface area contributed by atoms with E-state index in [1.54, 1.807) is 0 Å². The molecule has 0 saturated heterocycles. The maximum absolute atomic E-state index is 12.3. The Bertz CT molecular complexity index is 3020. The molecule has 380 valence electrons. The van der Waals surface area contributed by atoms with Crippen molar-refractivity contribution in [2.75, 3.05) is 16.0 Å². The van der Waals surface area contributed by atoms with E-state index in [1.807, 2.05) is 130 Å². The molecule has 3 aliphatic rings. The Labute approximate surface area is 461 Å². The molecule has 2 atom stereocenters. The molecule has 0 bridgehead atoms. The van der Waals surface area contributed by atoms with Crippen molar-refractivity contribution in [3.63, 3.8) is 0 Å². The maximum atomic E-state index is 12.3. The van der Waals surface area contributed by atoms with Crippen LogP contribution in [-0.2, 0) is 39.1 Å². The van der Waals surface area contributed by atoms with Gasteiger partial charge in [-0.1, -0.05) is 118 Å². The van der Waals surface area contributed by atoms with Gasteiger partial charge in [0.2, 0.25) is 0 Å². The summed E-state index contributed by atoms with van der Waals surface area (Å²) in [6, 6.07) is 34.4. The topological polar surface area (TPSA) is 133 Å². The minimum Gasteiger partial charge on any atom is -0.489 e. The molecular weight excluding hydrogens is 1180 g/mol. The highest BCUT2D eigenvalue weighted by Crippen LogP contribution is 2.31. The minimum absolute atomic E-state index is 0.0454. The van der Waals surface area contributed by atoms with Gasteiger partial charge in [0.25, 0.3) is 0 Å². The number of ether oxygens (including phenoxy) is 3. The van der Waals surface area contributed by atoms with E-state index >= 15 is 0 Å². The van der Waals surface area contributed by atoms with Crippen molar-refractivity contribution in [2.24, 2.45) is 0 Å². The van der Waals surface area contributed by atoms with Crippen LogP contribution in [0.5, 0.6) is 17.2 Å². The van der Waals surface area contributed by atoms with Crippen molar-refractivity contribution in [3.05, 3.63) is 193 Å². The van der Waals surface area contributed by atoms with E-state index < -0.39 is 6.10 Å². The zero-order chi connectivity index (χ0) is 52.2. The molecule has 3 aliphatic carbocycles. The quantitative estimate of drug-likeness (QED) is 0.0788. The van der Waals surface area contributed by atoms with E-state index in [0.717, 1.165) is 117 Å². The number of benzene rings is 6. The van der Waals surface area contributed by atoms with E-state index in [2.05, 4.69) is 63.7 Å². The van der Waals surface area contributed by atoms with Gasteiger partial charge in [-0.15, -0.1) is 0 Å². The Morgan fingerprint density at radius 1 is 0.534 bits per heavy atom. The molecule has 0 heterocycles. The Morgan fingerprint density at radius 3 is 1.38 bits per heavy atom. The Kier molecular flexibility index (Phi) is 20.2. The highest BCUT2D eigenvalue weighted by atomic mass is 79.9. The average Bonchev–Trinajstić information content (AvgIpc) is 3.41. The van der Waals surface area contributed by atoms with Gasteiger partial charge in [0.15, 0.2) is 28.9 Å². The van der Waals surface area contributed by atoms with Crippen molar-refractivity contribution in [1.82, 2.24) is 0 Å². The van der Waals surface area contributed by atoms with E-state index in [9.17, 15) is 29.1 Å². The van der Waals surface area contributed by atoms with Crippen molar-refractivity contribution >= 4 is 92.6 Å². The molecule has 73 heavy (non-hydrogen) atoms. The third-order valence-electron chi connectivity index (χ3n) is 13.4. The van der Waals surface area contributed by atoms with Crippen molar-refractivity contribution in [3.8, 4) is 17.2 Å². The number of hydrogen-bond donors (Lipinski definition) is 1. The van der Waals surface area contributed by atoms with Crippen LogP contribution in [0.3, 0.4) is 0 Å². The van der Waals surface area contributed by atoms with Gasteiger partial charge >= 0.3 is 0 Å². The van der Waals surface area contributed by atoms with Crippen molar-refractivity contribution in [2.45, 2.75) is 103 Å². The van der Waals surface area contributed by atoms with Crippen LogP contribution in [0.2, 0.25) is 0 Å². The summed E-state index contributed by atoms with van der Waals surface area (Å²) in [5.74, 6) is 2.70. The standard InChI is InChI=1S/C20H18Br2O3.C20H21BrO3.C20H19BrO3/c1-12-2-3-14(19(23)10-21)8-15(12)11-25-16-6-4-13-5-7-18(22)20(24)17(13)9-16;2*1-13-5-6-15(20(23)11-21)9-16(13)12-24-17-8-7-14-3-2-4-19(22)18(14)10-17/h2-4,6,8-9,18H,5,7,10-11H2,1H3;5-10,20,23H,2-4,11-12H2,1H3;5-10H,2-4,11-12H2,1H3. The number of hydrogen-bond acceptors (Lipinski definition) is 9. The van der Waals surface area contributed by atoms with Gasteiger partial charge in [-0.05, 0) is 170 Å². The molecule has 2 unspecified atom stereocenters. The van der Waals surface area contributed by atoms with Crippen molar-refractivity contribution < 1.29 is 43.3 Å². The summed E-state index contributed by atoms with van der Waals surface area (Å²) in [5.41, 5.74) is 14.1. The normalized spacial score (nSPS) is 15.0. The molecule has 13 heteroatoms. The Hall–Kier alpha value is -5.05. The average molecular weight is 1240 g/mol. The lowest BCUT2D eigenvalue weighted by molar-refractivity contribution is 0.0964. The molecule has 0 saturated carbocycles. The fourth-order valence-electron chi connectivity index (χ4n) is 8.85. The van der Waals surface area contributed by atoms with Gasteiger partial charge in [0.1, 0.15) is 37.1 Å². The van der Waals surface area contributed by atoms with Gasteiger partial charge in [0, 0.05) is 46.0 Å². The molecule has 0 fully saturated rings. The minimum atomic E-state index is -0.522. The number of aliphatic hydroxyl groups excluding tert-OH is 1. The van der Waals surface area contributed by atoms with Gasteiger partial charge in [-0.3, -0.25) is 24.0 Å². The smallest absolute Gasteiger partial charge is 0.176 e. The van der Waals surface area contributed by atoms with E-state index in [-0.39, 0.29) is 33.7 Å². The third kappa shape index (κ3) is 14.6. The lowest BCUT2D eigenvalue weighted by Gasteiger charge is -2.20. The maximum Gasteiger partial charge on any atom is 0.176 e. The molecule has 0 amide bonds. The van der Waals surface area contributed by atoms with E-state index in [0.29, 0.717) is 71.3 Å². The lowest BCUT2D eigenvalue weighted by atomic mass is 9.90. The largest absolute Gasteiger partial charge is 0.489 e. The molecule has 9 nitrogen and oxygen atoms in total. The first-order chi connectivity index (χ1) is 35.1. The monoisotopic (exact) mass is 1240 g/mol. The molecule has 0 radical (unpaired) electrons. The zero-order valence-corrected chi connectivity index (χ0v) is 47.5. The number of Topliss-reactive ketones (excluding diaryl/α,β-unsaturated/α-hetero) is 5. The summed E-state index contributed by atoms with van der Waals surface area (Å²) in [4.78, 5) is 59.9. The van der Waals surface area contributed by atoms with Crippen LogP contribution >= 0.6 is 63.7 Å². The van der Waals surface area contributed by atoms with Crippen LogP contribution in [-0.4, -0.2) is 54.8 Å². The van der Waals surface area contributed by atoms with E-state index in [1.165, 1.54) is 0 Å². The highest BCUT2D eigenvalue weighted by molar-refractivity contribution is 9.10. The summed E-state index contributed by atoms with van der Waals surface area (Å²) in [6.07, 6.45) is 6.24. The fraction of sp³-hybridized carbons (Fsp3) is 0.317. The number of carbonyl (C=O) groups excluding carboxylic acids is 5. The van der Waals surface area contributed by atoms with Crippen LogP contribution in [0, 0.1) is 20.8 Å². The third-order valence-corrected chi connectivity index (χ3v) is 15.9. The second-order valence-corrected chi connectivity index (χ2v) is 21.4. The summed E-state index contributed by atoms with van der Waals surface area (Å²) in [6.45, 7) is 7.17. The van der Waals surface area contributed by atoms with Crippen molar-refractivity contribution in [1.29, 1.82) is 0 Å². The first-order valence-corrected chi connectivity index (χ1v) is 28.7. The first-order valence-electron chi connectivity index (χ1n) is 24.4. The molecule has 0 aliphatic heterocycles. The van der Waals surface area contributed by atoms with Crippen LogP contribution in [0.15, 0.2) is 109 Å². The molecule has 0 aromatic heterocycles.